The largest absolute Gasteiger partial charge is 0.341 e. The number of nitrogens with one attached hydrogen (secondary N) is 1. The molecular weight excluding hydrogens is 224 g/mol. The van der Waals surface area contributed by atoms with Gasteiger partial charge in [0.15, 0.2) is 0 Å². The summed E-state index contributed by atoms with van der Waals surface area (Å²) in [4.78, 5) is 14.0. The first-order chi connectivity index (χ1) is 7.16. The summed E-state index contributed by atoms with van der Waals surface area (Å²) < 4.78 is 0. The molecule has 2 rings (SSSR count). The molecule has 1 amide bonds. The number of rotatable bonds is 3. The van der Waals surface area contributed by atoms with Crippen molar-refractivity contribution in [2.24, 2.45) is 11.8 Å². The molecule has 0 aromatic rings. The molecule has 1 unspecified atom stereocenters. The number of carbonyl (C=O) groups is 1. The zero-order valence-electron chi connectivity index (χ0n) is 10.2. The van der Waals surface area contributed by atoms with Crippen molar-refractivity contribution in [2.45, 2.75) is 39.2 Å². The maximum Gasteiger partial charge on any atom is 0.239 e. The van der Waals surface area contributed by atoms with Gasteiger partial charge in [0.1, 0.15) is 0 Å². The number of halogens is 1. The minimum atomic E-state index is 0. The van der Waals surface area contributed by atoms with Crippen molar-refractivity contribution >= 4 is 18.3 Å². The van der Waals surface area contributed by atoms with E-state index < -0.39 is 0 Å². The first-order valence-corrected chi connectivity index (χ1v) is 6.19. The Morgan fingerprint density at radius 1 is 1.44 bits per heavy atom. The van der Waals surface area contributed by atoms with Gasteiger partial charge in [0.2, 0.25) is 5.91 Å². The maximum absolute atomic E-state index is 11.9. The highest BCUT2D eigenvalue weighted by molar-refractivity contribution is 5.85. The molecule has 94 valence electrons. The lowest BCUT2D eigenvalue weighted by Crippen LogP contribution is -2.53. The highest BCUT2D eigenvalue weighted by Crippen LogP contribution is 2.24. The van der Waals surface area contributed by atoms with Crippen molar-refractivity contribution in [1.82, 2.24) is 10.2 Å². The maximum atomic E-state index is 11.9. The van der Waals surface area contributed by atoms with E-state index in [1.807, 2.05) is 0 Å². The van der Waals surface area contributed by atoms with Crippen molar-refractivity contribution in [3.63, 3.8) is 0 Å². The highest BCUT2D eigenvalue weighted by atomic mass is 35.5. The molecule has 2 saturated heterocycles. The second-order valence-corrected chi connectivity index (χ2v) is 5.36. The molecule has 3 nitrogen and oxygen atoms in total. The van der Waals surface area contributed by atoms with Crippen LogP contribution in [0.1, 0.15) is 33.1 Å². The van der Waals surface area contributed by atoms with Gasteiger partial charge in [-0.05, 0) is 37.6 Å². The summed E-state index contributed by atoms with van der Waals surface area (Å²) >= 11 is 0. The van der Waals surface area contributed by atoms with Gasteiger partial charge < -0.3 is 10.2 Å². The first kappa shape index (κ1) is 13.8. The van der Waals surface area contributed by atoms with Crippen LogP contribution in [-0.2, 0) is 4.79 Å². The Balaban J connectivity index is 0.00000128. The Hall–Kier alpha value is -0.280. The molecule has 2 atom stereocenters. The van der Waals surface area contributed by atoms with Crippen LogP contribution < -0.4 is 5.32 Å². The highest BCUT2D eigenvalue weighted by Gasteiger charge is 2.33. The fraction of sp³-hybridized carbons (Fsp3) is 0.917. The third-order valence-corrected chi connectivity index (χ3v) is 3.52. The standard InChI is InChI=1S/C12H22N2O.ClH/c1-9(2)7-10-4-6-14(8-10)12(15)11-3-5-13-11;/h9-11,13H,3-8H2,1-2H3;1H/t10?,11-;/m1./s1. The summed E-state index contributed by atoms with van der Waals surface area (Å²) in [6, 6.07) is 0.141. The van der Waals surface area contributed by atoms with Crippen LogP contribution in [0.5, 0.6) is 0 Å². The van der Waals surface area contributed by atoms with Gasteiger partial charge >= 0.3 is 0 Å². The SMILES string of the molecule is CC(C)CC1CCN(C(=O)[C@H]2CCN2)C1.Cl. The third-order valence-electron chi connectivity index (χ3n) is 3.52. The second kappa shape index (κ2) is 5.87. The summed E-state index contributed by atoms with van der Waals surface area (Å²) in [7, 11) is 0. The minimum absolute atomic E-state index is 0. The molecule has 0 aromatic heterocycles. The molecule has 0 bridgehead atoms. The number of hydrogen-bond acceptors (Lipinski definition) is 2. The van der Waals surface area contributed by atoms with E-state index in [2.05, 4.69) is 24.1 Å². The van der Waals surface area contributed by atoms with Crippen LogP contribution >= 0.6 is 12.4 Å². The Labute approximate surface area is 104 Å². The number of amides is 1. The van der Waals surface area contributed by atoms with Gasteiger partial charge in [0.05, 0.1) is 6.04 Å². The summed E-state index contributed by atoms with van der Waals surface area (Å²) in [5.41, 5.74) is 0. The second-order valence-electron chi connectivity index (χ2n) is 5.36. The monoisotopic (exact) mass is 246 g/mol. The molecule has 16 heavy (non-hydrogen) atoms. The quantitative estimate of drug-likeness (QED) is 0.822. The van der Waals surface area contributed by atoms with Gasteiger partial charge in [0.25, 0.3) is 0 Å². The van der Waals surface area contributed by atoms with Crippen LogP contribution in [-0.4, -0.2) is 36.5 Å². The average Bonchev–Trinajstić information content (AvgIpc) is 2.48. The van der Waals surface area contributed by atoms with Crippen LogP contribution in [0.4, 0.5) is 0 Å². The van der Waals surface area contributed by atoms with E-state index in [0.29, 0.717) is 5.91 Å². The van der Waals surface area contributed by atoms with E-state index in [0.717, 1.165) is 37.9 Å². The molecule has 0 spiro atoms. The van der Waals surface area contributed by atoms with Gasteiger partial charge in [0, 0.05) is 13.1 Å². The van der Waals surface area contributed by atoms with Gasteiger partial charge in [-0.25, -0.2) is 0 Å². The van der Waals surface area contributed by atoms with Gasteiger partial charge in [-0.3, -0.25) is 4.79 Å². The van der Waals surface area contributed by atoms with Crippen LogP contribution in [0.2, 0.25) is 0 Å². The van der Waals surface area contributed by atoms with Crippen LogP contribution in [0.25, 0.3) is 0 Å². The minimum Gasteiger partial charge on any atom is -0.341 e. The smallest absolute Gasteiger partial charge is 0.239 e. The third kappa shape index (κ3) is 3.11. The Morgan fingerprint density at radius 3 is 2.62 bits per heavy atom. The number of likely N-dealkylation sites (tertiary alicyclic amines) is 1. The molecule has 2 fully saturated rings. The lowest BCUT2D eigenvalue weighted by Gasteiger charge is -2.30. The predicted octanol–water partition coefficient (Wildman–Crippen LogP) is 1.66. The molecular formula is C12H23ClN2O. The van der Waals surface area contributed by atoms with Crippen LogP contribution in [0.3, 0.4) is 0 Å². The Bertz CT molecular complexity index is 241. The molecule has 0 aromatic carbocycles. The van der Waals surface area contributed by atoms with Crippen LogP contribution in [0, 0.1) is 11.8 Å². The van der Waals surface area contributed by atoms with E-state index >= 15 is 0 Å². The van der Waals surface area contributed by atoms with Gasteiger partial charge in [-0.2, -0.15) is 0 Å². The fourth-order valence-electron chi connectivity index (χ4n) is 2.61. The molecule has 2 heterocycles. The molecule has 0 saturated carbocycles. The molecule has 2 aliphatic heterocycles. The fourth-order valence-corrected chi connectivity index (χ4v) is 2.61. The van der Waals surface area contributed by atoms with Crippen molar-refractivity contribution in [3.05, 3.63) is 0 Å². The van der Waals surface area contributed by atoms with Crippen molar-refractivity contribution in [2.75, 3.05) is 19.6 Å². The van der Waals surface area contributed by atoms with E-state index in [9.17, 15) is 4.79 Å². The number of nitrogens with zero attached hydrogens (tertiary/aromatic N) is 1. The zero-order valence-corrected chi connectivity index (χ0v) is 11.1. The summed E-state index contributed by atoms with van der Waals surface area (Å²) in [5.74, 6) is 1.84. The average molecular weight is 247 g/mol. The lowest BCUT2D eigenvalue weighted by atomic mass is 9.97. The summed E-state index contributed by atoms with van der Waals surface area (Å²) in [6.45, 7) is 7.51. The lowest BCUT2D eigenvalue weighted by molar-refractivity contribution is -0.134. The van der Waals surface area contributed by atoms with Crippen LogP contribution in [0.15, 0.2) is 0 Å². The normalized spacial score (nSPS) is 28.8. The summed E-state index contributed by atoms with van der Waals surface area (Å²) in [6.07, 6.45) is 3.50. The van der Waals surface area contributed by atoms with Crippen molar-refractivity contribution < 1.29 is 4.79 Å². The topological polar surface area (TPSA) is 32.3 Å². The van der Waals surface area contributed by atoms with E-state index in [-0.39, 0.29) is 18.4 Å². The van der Waals surface area contributed by atoms with E-state index in [4.69, 9.17) is 0 Å². The molecule has 2 aliphatic rings. The van der Waals surface area contributed by atoms with Crippen molar-refractivity contribution in [1.29, 1.82) is 0 Å². The molecule has 0 aliphatic carbocycles. The number of carbonyl (C=O) groups excluding carboxylic acids is 1. The van der Waals surface area contributed by atoms with E-state index in [1.165, 1.54) is 12.8 Å². The molecule has 4 heteroatoms. The Kier molecular flexibility index (Phi) is 5.06. The van der Waals surface area contributed by atoms with Crippen molar-refractivity contribution in [3.8, 4) is 0 Å². The Morgan fingerprint density at radius 2 is 2.12 bits per heavy atom. The zero-order chi connectivity index (χ0) is 10.8. The first-order valence-electron chi connectivity index (χ1n) is 6.19. The van der Waals surface area contributed by atoms with Gasteiger partial charge in [-0.1, -0.05) is 13.8 Å². The van der Waals surface area contributed by atoms with Gasteiger partial charge in [-0.15, -0.1) is 12.4 Å². The molecule has 1 N–H and O–H groups in total. The van der Waals surface area contributed by atoms with E-state index in [1.54, 1.807) is 0 Å². The predicted molar refractivity (Wildman–Crippen MR) is 67.8 cm³/mol. The summed E-state index contributed by atoms with van der Waals surface area (Å²) in [5, 5.41) is 3.19. The number of hydrogen-bond donors (Lipinski definition) is 1. The molecule has 0 radical (unpaired) electrons.